The topological polar surface area (TPSA) is 35.5 Å². The lowest BCUT2D eigenvalue weighted by Crippen LogP contribution is -2.01. The van der Waals surface area contributed by atoms with E-state index in [0.717, 1.165) is 5.56 Å². The van der Waals surface area contributed by atoms with Gasteiger partial charge in [0, 0.05) is 0 Å². The Balaban J connectivity index is 0. The molecule has 0 aromatic heterocycles. The molecule has 0 aliphatic rings. The van der Waals surface area contributed by atoms with Crippen molar-refractivity contribution in [1.29, 1.82) is 0 Å². The van der Waals surface area contributed by atoms with E-state index >= 15 is 0 Å². The van der Waals surface area contributed by atoms with Crippen molar-refractivity contribution in [2.45, 2.75) is 34.6 Å². The van der Waals surface area contributed by atoms with Crippen LogP contribution in [0, 0.1) is 6.92 Å². The maximum absolute atomic E-state index is 11.1. The van der Waals surface area contributed by atoms with Gasteiger partial charge in [0.15, 0.2) is 0 Å². The summed E-state index contributed by atoms with van der Waals surface area (Å²) in [4.78, 5) is 11.1. The molecule has 0 amide bonds. The first kappa shape index (κ1) is 17.9. The molecular weight excluding hydrogens is 216 g/mol. The van der Waals surface area contributed by atoms with Gasteiger partial charge in [-0.1, -0.05) is 33.8 Å². The standard InChI is InChI=1S/C10H12O3.2C2H6/c1-7-4-5-8(10(11)13-3)6-9(7)12-2;2*1-2/h4-6H,1-3H3;2*1-2H3. The van der Waals surface area contributed by atoms with Crippen LogP contribution in [-0.4, -0.2) is 20.2 Å². The van der Waals surface area contributed by atoms with E-state index in [1.54, 1.807) is 19.2 Å². The van der Waals surface area contributed by atoms with E-state index in [1.165, 1.54) is 7.11 Å². The highest BCUT2D eigenvalue weighted by atomic mass is 16.5. The minimum atomic E-state index is -0.349. The second-order valence-corrected chi connectivity index (χ2v) is 2.68. The van der Waals surface area contributed by atoms with Crippen molar-refractivity contribution in [3.63, 3.8) is 0 Å². The van der Waals surface area contributed by atoms with Crippen LogP contribution in [0.1, 0.15) is 43.6 Å². The summed E-state index contributed by atoms with van der Waals surface area (Å²) in [5.41, 5.74) is 1.50. The summed E-state index contributed by atoms with van der Waals surface area (Å²) >= 11 is 0. The van der Waals surface area contributed by atoms with Gasteiger partial charge in [-0.15, -0.1) is 0 Å². The number of benzene rings is 1. The number of methoxy groups -OCH3 is 2. The van der Waals surface area contributed by atoms with Crippen molar-refractivity contribution >= 4 is 5.97 Å². The Morgan fingerprint density at radius 3 is 2.00 bits per heavy atom. The molecule has 0 radical (unpaired) electrons. The summed E-state index contributed by atoms with van der Waals surface area (Å²) in [6.45, 7) is 9.92. The molecule has 1 aromatic carbocycles. The van der Waals surface area contributed by atoms with E-state index in [9.17, 15) is 4.79 Å². The number of aryl methyl sites for hydroxylation is 1. The molecule has 17 heavy (non-hydrogen) atoms. The molecule has 0 N–H and O–H groups in total. The van der Waals surface area contributed by atoms with Crippen LogP contribution in [0.3, 0.4) is 0 Å². The van der Waals surface area contributed by atoms with Crippen LogP contribution >= 0.6 is 0 Å². The minimum Gasteiger partial charge on any atom is -0.496 e. The van der Waals surface area contributed by atoms with Gasteiger partial charge in [-0.25, -0.2) is 4.79 Å². The average Bonchev–Trinajstić information content (AvgIpc) is 2.43. The lowest BCUT2D eigenvalue weighted by Gasteiger charge is -2.05. The van der Waals surface area contributed by atoms with Crippen LogP contribution in [0.2, 0.25) is 0 Å². The predicted octanol–water partition coefficient (Wildman–Crippen LogP) is 3.84. The van der Waals surface area contributed by atoms with Gasteiger partial charge in [0.25, 0.3) is 0 Å². The molecule has 0 heterocycles. The van der Waals surface area contributed by atoms with Gasteiger partial charge >= 0.3 is 5.97 Å². The second-order valence-electron chi connectivity index (χ2n) is 2.68. The number of rotatable bonds is 2. The van der Waals surface area contributed by atoms with Gasteiger partial charge < -0.3 is 9.47 Å². The highest BCUT2D eigenvalue weighted by Gasteiger charge is 2.07. The molecular formula is C14H24O3. The predicted molar refractivity (Wildman–Crippen MR) is 71.8 cm³/mol. The Labute approximate surface area is 105 Å². The third kappa shape index (κ3) is 5.95. The largest absolute Gasteiger partial charge is 0.496 e. The average molecular weight is 240 g/mol. The zero-order valence-corrected chi connectivity index (χ0v) is 12.0. The van der Waals surface area contributed by atoms with Crippen molar-refractivity contribution in [3.05, 3.63) is 29.3 Å². The normalized spacial score (nSPS) is 7.94. The highest BCUT2D eigenvalue weighted by Crippen LogP contribution is 2.19. The Kier molecular flexibility index (Phi) is 11.6. The van der Waals surface area contributed by atoms with Crippen molar-refractivity contribution in [3.8, 4) is 5.75 Å². The summed E-state index contributed by atoms with van der Waals surface area (Å²) in [6, 6.07) is 5.20. The van der Waals surface area contributed by atoms with Crippen molar-refractivity contribution in [2.24, 2.45) is 0 Å². The number of esters is 1. The van der Waals surface area contributed by atoms with E-state index in [-0.39, 0.29) is 5.97 Å². The van der Waals surface area contributed by atoms with Gasteiger partial charge in [-0.3, -0.25) is 0 Å². The van der Waals surface area contributed by atoms with Crippen LogP contribution in [0.4, 0.5) is 0 Å². The monoisotopic (exact) mass is 240 g/mol. The number of carbonyl (C=O) groups excluding carboxylic acids is 1. The van der Waals surface area contributed by atoms with Gasteiger partial charge in [-0.05, 0) is 24.6 Å². The molecule has 3 heteroatoms. The summed E-state index contributed by atoms with van der Waals surface area (Å²) in [5, 5.41) is 0. The van der Waals surface area contributed by atoms with Gasteiger partial charge in [0.2, 0.25) is 0 Å². The number of ether oxygens (including phenoxy) is 2. The first-order valence-electron chi connectivity index (χ1n) is 5.92. The molecule has 0 spiro atoms. The molecule has 0 aliphatic carbocycles. The molecule has 1 aromatic rings. The number of hydrogen-bond acceptors (Lipinski definition) is 3. The first-order valence-corrected chi connectivity index (χ1v) is 5.92. The maximum Gasteiger partial charge on any atom is 0.337 e. The Bertz CT molecular complexity index is 319. The molecule has 0 fully saturated rings. The lowest BCUT2D eigenvalue weighted by atomic mass is 10.1. The molecule has 98 valence electrons. The SMILES string of the molecule is CC.CC.COC(=O)c1ccc(C)c(OC)c1. The van der Waals surface area contributed by atoms with Crippen LogP contribution in [0.15, 0.2) is 18.2 Å². The van der Waals surface area contributed by atoms with E-state index in [2.05, 4.69) is 4.74 Å². The fraction of sp³-hybridized carbons (Fsp3) is 0.500. The van der Waals surface area contributed by atoms with Crippen LogP contribution < -0.4 is 4.74 Å². The molecule has 0 atom stereocenters. The second kappa shape index (κ2) is 11.0. The number of carbonyl (C=O) groups is 1. The fourth-order valence-corrected chi connectivity index (χ4v) is 1.06. The molecule has 0 unspecified atom stereocenters. The van der Waals surface area contributed by atoms with Crippen LogP contribution in [0.25, 0.3) is 0 Å². The maximum atomic E-state index is 11.1. The van der Waals surface area contributed by atoms with E-state index < -0.39 is 0 Å². The van der Waals surface area contributed by atoms with E-state index in [1.807, 2.05) is 40.7 Å². The zero-order valence-electron chi connectivity index (χ0n) is 12.0. The third-order valence-corrected chi connectivity index (χ3v) is 1.83. The molecule has 0 saturated heterocycles. The molecule has 0 aliphatic heterocycles. The van der Waals surface area contributed by atoms with E-state index in [0.29, 0.717) is 11.3 Å². The van der Waals surface area contributed by atoms with Crippen LogP contribution in [-0.2, 0) is 4.74 Å². The van der Waals surface area contributed by atoms with Crippen molar-refractivity contribution in [2.75, 3.05) is 14.2 Å². The zero-order chi connectivity index (χ0) is 13.8. The summed E-state index contributed by atoms with van der Waals surface area (Å²) in [7, 11) is 2.93. The van der Waals surface area contributed by atoms with Gasteiger partial charge in [0.05, 0.1) is 19.8 Å². The third-order valence-electron chi connectivity index (χ3n) is 1.83. The summed E-state index contributed by atoms with van der Waals surface area (Å²) in [6.07, 6.45) is 0. The van der Waals surface area contributed by atoms with Crippen molar-refractivity contribution in [1.82, 2.24) is 0 Å². The quantitative estimate of drug-likeness (QED) is 0.737. The Morgan fingerprint density at radius 1 is 1.06 bits per heavy atom. The van der Waals surface area contributed by atoms with E-state index in [4.69, 9.17) is 4.74 Å². The summed E-state index contributed by atoms with van der Waals surface area (Å²) < 4.78 is 9.65. The smallest absolute Gasteiger partial charge is 0.337 e. The minimum absolute atomic E-state index is 0.349. The molecule has 1 rings (SSSR count). The molecule has 0 bridgehead atoms. The van der Waals surface area contributed by atoms with Crippen molar-refractivity contribution < 1.29 is 14.3 Å². The van der Waals surface area contributed by atoms with Crippen LogP contribution in [0.5, 0.6) is 5.75 Å². The summed E-state index contributed by atoms with van der Waals surface area (Å²) in [5.74, 6) is 0.348. The lowest BCUT2D eigenvalue weighted by molar-refractivity contribution is 0.0600. The molecule has 3 nitrogen and oxygen atoms in total. The Morgan fingerprint density at radius 2 is 1.59 bits per heavy atom. The first-order chi connectivity index (χ1) is 8.19. The number of hydrogen-bond donors (Lipinski definition) is 0. The highest BCUT2D eigenvalue weighted by molar-refractivity contribution is 5.89. The Hall–Kier alpha value is -1.51. The van der Waals surface area contributed by atoms with Gasteiger partial charge in [0.1, 0.15) is 5.75 Å². The van der Waals surface area contributed by atoms with Gasteiger partial charge in [-0.2, -0.15) is 0 Å². The molecule has 0 saturated carbocycles. The fourth-order valence-electron chi connectivity index (χ4n) is 1.06.